The van der Waals surface area contributed by atoms with E-state index in [0.717, 1.165) is 0 Å². The molecule has 0 amide bonds. The van der Waals surface area contributed by atoms with Crippen LogP contribution in [-0.4, -0.2) is 23.8 Å². The molecule has 0 saturated heterocycles. The lowest BCUT2D eigenvalue weighted by molar-refractivity contribution is 0.0816. The Kier molecular flexibility index (Phi) is 4.08. The fourth-order valence-electron chi connectivity index (χ4n) is 1.69. The Balaban J connectivity index is 2.38. The molecular weight excluding hydrogens is 334 g/mol. The van der Waals surface area contributed by atoms with Gasteiger partial charge in [-0.1, -0.05) is 6.58 Å². The number of aromatic amines is 1. The van der Waals surface area contributed by atoms with Crippen molar-refractivity contribution in [2.45, 2.75) is 6.43 Å². The van der Waals surface area contributed by atoms with E-state index in [4.69, 9.17) is 10.5 Å². The van der Waals surface area contributed by atoms with E-state index in [0.29, 0.717) is 15.4 Å². The van der Waals surface area contributed by atoms with Gasteiger partial charge in [0.1, 0.15) is 12.4 Å². The van der Waals surface area contributed by atoms with Crippen LogP contribution in [0.3, 0.4) is 0 Å². The van der Waals surface area contributed by atoms with Gasteiger partial charge in [-0.05, 0) is 34.1 Å². The summed E-state index contributed by atoms with van der Waals surface area (Å²) >= 11 is 3.23. The number of hydrogen-bond donors (Lipinski definition) is 2. The van der Waals surface area contributed by atoms with Crippen LogP contribution in [0, 0.1) is 0 Å². The van der Waals surface area contributed by atoms with Gasteiger partial charge in [-0.3, -0.25) is 4.79 Å². The summed E-state index contributed by atoms with van der Waals surface area (Å²) in [6.45, 7) is 2.68. The Labute approximate surface area is 121 Å². The van der Waals surface area contributed by atoms with Gasteiger partial charge in [-0.15, -0.1) is 0 Å². The number of allylic oxidation sites excluding steroid dienone is 1. The molecule has 0 atom stereocenters. The summed E-state index contributed by atoms with van der Waals surface area (Å²) in [4.78, 5) is 14.6. The van der Waals surface area contributed by atoms with Crippen LogP contribution >= 0.6 is 15.9 Å². The summed E-state index contributed by atoms with van der Waals surface area (Å²) in [5.74, 6) is -0.130. The highest BCUT2D eigenvalue weighted by Gasteiger charge is 2.13. The van der Waals surface area contributed by atoms with E-state index in [1.165, 1.54) is 0 Å². The number of H-pyrrole nitrogens is 1. The number of nitrogens with two attached hydrogens (primary N) is 1. The summed E-state index contributed by atoms with van der Waals surface area (Å²) in [6.07, 6.45) is -2.55. The second-order valence-corrected chi connectivity index (χ2v) is 4.96. The van der Waals surface area contributed by atoms with Crippen molar-refractivity contribution in [3.63, 3.8) is 0 Å². The Hall–Kier alpha value is -1.89. The van der Waals surface area contributed by atoms with Crippen molar-refractivity contribution in [3.05, 3.63) is 40.6 Å². The SMILES string of the molecule is C=C(N)C(=O)c1cc2cc(OCC(F)F)c(Br)cc2[nH]1. The maximum atomic E-state index is 12.2. The number of alkyl halides is 2. The van der Waals surface area contributed by atoms with Gasteiger partial charge in [0.2, 0.25) is 5.78 Å². The number of ketones is 1. The topological polar surface area (TPSA) is 68.1 Å². The third-order valence-corrected chi connectivity index (χ3v) is 3.19. The summed E-state index contributed by atoms with van der Waals surface area (Å²) in [6, 6.07) is 4.78. The van der Waals surface area contributed by atoms with Gasteiger partial charge < -0.3 is 15.5 Å². The Morgan fingerprint density at radius 1 is 1.45 bits per heavy atom. The maximum absolute atomic E-state index is 12.2. The van der Waals surface area contributed by atoms with E-state index in [1.54, 1.807) is 18.2 Å². The fourth-order valence-corrected chi connectivity index (χ4v) is 2.15. The lowest BCUT2D eigenvalue weighted by Crippen LogP contribution is -2.09. The molecule has 1 aromatic carbocycles. The van der Waals surface area contributed by atoms with Crippen LogP contribution in [0.5, 0.6) is 5.75 Å². The van der Waals surface area contributed by atoms with Gasteiger partial charge in [-0.2, -0.15) is 0 Å². The normalized spacial score (nSPS) is 11.0. The van der Waals surface area contributed by atoms with E-state index in [-0.39, 0.29) is 17.1 Å². The Morgan fingerprint density at radius 2 is 2.15 bits per heavy atom. The number of aromatic nitrogens is 1. The molecule has 2 aromatic rings. The van der Waals surface area contributed by atoms with Gasteiger partial charge in [0.05, 0.1) is 15.9 Å². The number of carbonyl (C=O) groups excluding carboxylic acids is 1. The number of halogens is 3. The molecule has 0 fully saturated rings. The van der Waals surface area contributed by atoms with Crippen molar-refractivity contribution in [1.82, 2.24) is 4.98 Å². The molecule has 0 aliphatic heterocycles. The molecule has 1 aromatic heterocycles. The molecule has 0 unspecified atom stereocenters. The quantitative estimate of drug-likeness (QED) is 0.646. The first-order valence-corrected chi connectivity index (χ1v) is 6.40. The van der Waals surface area contributed by atoms with Crippen LogP contribution in [-0.2, 0) is 0 Å². The molecule has 0 radical (unpaired) electrons. The van der Waals surface area contributed by atoms with Crippen LogP contribution in [0.4, 0.5) is 8.78 Å². The smallest absolute Gasteiger partial charge is 0.272 e. The molecule has 0 spiro atoms. The number of benzene rings is 1. The summed E-state index contributed by atoms with van der Waals surface area (Å²) in [7, 11) is 0. The van der Waals surface area contributed by atoms with Gasteiger partial charge in [0.25, 0.3) is 6.43 Å². The standard InChI is InChI=1S/C13H11BrF2N2O2/c1-6(17)13(19)10-2-7-3-11(20-5-12(15)16)8(14)4-9(7)18-10/h2-4,12,18H,1,5,17H2. The van der Waals surface area contributed by atoms with Crippen LogP contribution < -0.4 is 10.5 Å². The number of ether oxygens (including phenoxy) is 1. The third kappa shape index (κ3) is 2.98. The third-order valence-electron chi connectivity index (χ3n) is 2.57. The van der Waals surface area contributed by atoms with E-state index in [1.807, 2.05) is 0 Å². The lowest BCUT2D eigenvalue weighted by Gasteiger charge is -2.07. The van der Waals surface area contributed by atoms with E-state index < -0.39 is 18.8 Å². The Morgan fingerprint density at radius 3 is 2.75 bits per heavy atom. The minimum Gasteiger partial charge on any atom is -0.486 e. The zero-order valence-electron chi connectivity index (χ0n) is 10.3. The van der Waals surface area contributed by atoms with Gasteiger partial charge in [-0.25, -0.2) is 8.78 Å². The number of Topliss-reactive ketones (excluding diaryl/α,β-unsaturated/α-hetero) is 1. The predicted octanol–water partition coefficient (Wildman–Crippen LogP) is 3.23. The summed E-state index contributed by atoms with van der Waals surface area (Å²) in [5, 5.41) is 0.655. The molecule has 20 heavy (non-hydrogen) atoms. The molecule has 106 valence electrons. The van der Waals surface area contributed by atoms with Crippen molar-refractivity contribution in [2.75, 3.05) is 6.61 Å². The van der Waals surface area contributed by atoms with Crippen molar-refractivity contribution in [1.29, 1.82) is 0 Å². The average molecular weight is 345 g/mol. The van der Waals surface area contributed by atoms with Gasteiger partial charge in [0, 0.05) is 10.9 Å². The van der Waals surface area contributed by atoms with Crippen LogP contribution in [0.1, 0.15) is 10.5 Å². The number of rotatable bonds is 5. The zero-order chi connectivity index (χ0) is 14.9. The van der Waals surface area contributed by atoms with Crippen molar-refractivity contribution in [2.24, 2.45) is 5.73 Å². The first kappa shape index (κ1) is 14.5. The molecule has 3 N–H and O–H groups in total. The molecule has 4 nitrogen and oxygen atoms in total. The first-order valence-electron chi connectivity index (χ1n) is 5.60. The van der Waals surface area contributed by atoms with Crippen LogP contribution in [0.25, 0.3) is 10.9 Å². The predicted molar refractivity (Wildman–Crippen MR) is 75.2 cm³/mol. The van der Waals surface area contributed by atoms with Gasteiger partial charge >= 0.3 is 0 Å². The number of hydrogen-bond acceptors (Lipinski definition) is 3. The molecule has 1 heterocycles. The molecule has 0 bridgehead atoms. The number of carbonyl (C=O) groups is 1. The highest BCUT2D eigenvalue weighted by molar-refractivity contribution is 9.10. The zero-order valence-corrected chi connectivity index (χ0v) is 11.8. The monoisotopic (exact) mass is 344 g/mol. The highest BCUT2D eigenvalue weighted by Crippen LogP contribution is 2.31. The molecule has 0 aliphatic carbocycles. The Bertz CT molecular complexity index is 682. The molecular formula is C13H11BrF2N2O2. The van der Waals surface area contributed by atoms with Crippen molar-refractivity contribution in [3.8, 4) is 5.75 Å². The lowest BCUT2D eigenvalue weighted by atomic mass is 10.2. The number of fused-ring (bicyclic) bond motifs is 1. The average Bonchev–Trinajstić information content (AvgIpc) is 2.77. The second kappa shape index (κ2) is 5.62. The second-order valence-electron chi connectivity index (χ2n) is 4.11. The highest BCUT2D eigenvalue weighted by atomic mass is 79.9. The van der Waals surface area contributed by atoms with Crippen LogP contribution in [0.15, 0.2) is 34.9 Å². The summed E-state index contributed by atoms with van der Waals surface area (Å²) in [5.41, 5.74) is 6.21. The first-order chi connectivity index (χ1) is 9.38. The molecule has 0 aliphatic rings. The van der Waals surface area contributed by atoms with Crippen molar-refractivity contribution < 1.29 is 18.3 Å². The minimum atomic E-state index is -2.55. The molecule has 2 rings (SSSR count). The minimum absolute atomic E-state index is 0.0789. The van der Waals surface area contributed by atoms with E-state index >= 15 is 0 Å². The summed E-state index contributed by atoms with van der Waals surface area (Å²) < 4.78 is 29.8. The molecule has 0 saturated carbocycles. The molecule has 7 heteroatoms. The van der Waals surface area contributed by atoms with Gasteiger partial charge in [0.15, 0.2) is 0 Å². The van der Waals surface area contributed by atoms with Crippen LogP contribution in [0.2, 0.25) is 0 Å². The van der Waals surface area contributed by atoms with E-state index in [9.17, 15) is 13.6 Å². The fraction of sp³-hybridized carbons (Fsp3) is 0.154. The van der Waals surface area contributed by atoms with Crippen molar-refractivity contribution >= 4 is 32.6 Å². The number of nitrogens with one attached hydrogen (secondary N) is 1. The largest absolute Gasteiger partial charge is 0.486 e. The maximum Gasteiger partial charge on any atom is 0.272 e. The van der Waals surface area contributed by atoms with E-state index in [2.05, 4.69) is 27.5 Å².